The van der Waals surface area contributed by atoms with Crippen LogP contribution in [0, 0.1) is 0 Å². The second-order valence-electron chi connectivity index (χ2n) is 5.32. The minimum absolute atomic E-state index is 0.0983. The summed E-state index contributed by atoms with van der Waals surface area (Å²) in [5, 5.41) is 10.7. The number of carbonyl (C=O) groups excluding carboxylic acids is 1. The van der Waals surface area contributed by atoms with Crippen LogP contribution in [0.3, 0.4) is 0 Å². The number of carboxylic acid groups (broad SMARTS) is 1. The Morgan fingerprint density at radius 3 is 2.26 bits per heavy atom. The molecule has 0 fully saturated rings. The highest BCUT2D eigenvalue weighted by Crippen LogP contribution is 2.22. The van der Waals surface area contributed by atoms with Gasteiger partial charge in [-0.3, -0.25) is 9.59 Å². The van der Waals surface area contributed by atoms with Gasteiger partial charge in [0.1, 0.15) is 6.54 Å². The normalized spacial score (nSPS) is 11.5. The van der Waals surface area contributed by atoms with Gasteiger partial charge in [-0.25, -0.2) is 0 Å². The maximum Gasteiger partial charge on any atom is 0.322 e. The summed E-state index contributed by atoms with van der Waals surface area (Å²) in [5.41, 5.74) is 2.22. The molecule has 1 aromatic rings. The third kappa shape index (κ3) is 5.38. The highest BCUT2D eigenvalue weighted by Gasteiger charge is 2.12. The van der Waals surface area contributed by atoms with Crippen molar-refractivity contribution in [1.82, 2.24) is 5.32 Å². The molecule has 0 unspecified atom stereocenters. The van der Waals surface area contributed by atoms with Crippen LogP contribution in [0.2, 0.25) is 0 Å². The van der Waals surface area contributed by atoms with Gasteiger partial charge >= 0.3 is 5.97 Å². The van der Waals surface area contributed by atoms with Crippen LogP contribution < -0.4 is 5.32 Å². The highest BCUT2D eigenvalue weighted by atomic mass is 16.4. The summed E-state index contributed by atoms with van der Waals surface area (Å²) in [5.74, 6) is -1.47. The van der Waals surface area contributed by atoms with Crippen LogP contribution in [0.15, 0.2) is 30.3 Å². The molecule has 1 amide bonds. The van der Waals surface area contributed by atoms with Crippen molar-refractivity contribution in [2.75, 3.05) is 6.54 Å². The summed E-state index contributed by atoms with van der Waals surface area (Å²) >= 11 is 0. The zero-order valence-electron chi connectivity index (χ0n) is 11.4. The van der Waals surface area contributed by atoms with Gasteiger partial charge in [-0.15, -0.1) is 0 Å². The molecule has 0 aliphatic heterocycles. The van der Waals surface area contributed by atoms with Gasteiger partial charge in [-0.2, -0.15) is 0 Å². The van der Waals surface area contributed by atoms with E-state index in [-0.39, 0.29) is 12.0 Å². The van der Waals surface area contributed by atoms with E-state index in [0.717, 1.165) is 5.56 Å². The van der Waals surface area contributed by atoms with Crippen molar-refractivity contribution in [3.8, 4) is 0 Å². The fraction of sp³-hybridized carbons (Fsp3) is 0.333. The van der Waals surface area contributed by atoms with Crippen molar-refractivity contribution in [3.63, 3.8) is 0 Å². The number of carbonyl (C=O) groups is 2. The molecule has 0 bridgehead atoms. The lowest BCUT2D eigenvalue weighted by Crippen LogP contribution is -2.27. The van der Waals surface area contributed by atoms with Crippen molar-refractivity contribution >= 4 is 18.0 Å². The van der Waals surface area contributed by atoms with Crippen molar-refractivity contribution in [3.05, 3.63) is 41.5 Å². The molecule has 0 spiro atoms. The molecule has 0 aliphatic rings. The van der Waals surface area contributed by atoms with Crippen molar-refractivity contribution < 1.29 is 14.7 Å². The minimum atomic E-state index is -1.06. The van der Waals surface area contributed by atoms with Gasteiger partial charge in [-0.05, 0) is 22.6 Å². The maximum absolute atomic E-state index is 11.3. The molecule has 4 heteroatoms. The number of benzene rings is 1. The van der Waals surface area contributed by atoms with E-state index < -0.39 is 11.9 Å². The Balaban J connectivity index is 2.63. The van der Waals surface area contributed by atoms with E-state index in [1.54, 1.807) is 6.08 Å². The molecule has 0 aromatic heterocycles. The van der Waals surface area contributed by atoms with Gasteiger partial charge in [0.05, 0.1) is 0 Å². The van der Waals surface area contributed by atoms with E-state index >= 15 is 0 Å². The van der Waals surface area contributed by atoms with Crippen LogP contribution in [0.1, 0.15) is 31.9 Å². The third-order valence-electron chi connectivity index (χ3n) is 2.62. The second-order valence-corrected chi connectivity index (χ2v) is 5.32. The molecule has 4 nitrogen and oxygen atoms in total. The molecule has 19 heavy (non-hydrogen) atoms. The van der Waals surface area contributed by atoms with Gasteiger partial charge in [0.2, 0.25) is 5.91 Å². The number of nitrogens with one attached hydrogen (secondary N) is 1. The standard InChI is InChI=1S/C15H19NO3/c1-15(2,3)12-7-4-11(5-8-12)6-9-13(17)16-10-14(18)19/h4-9H,10H2,1-3H3,(H,16,17)(H,18,19)/b9-6+. The molecule has 0 radical (unpaired) electrons. The quantitative estimate of drug-likeness (QED) is 0.816. The average Bonchev–Trinajstić information content (AvgIpc) is 2.33. The first-order chi connectivity index (χ1) is 8.79. The average molecular weight is 261 g/mol. The topological polar surface area (TPSA) is 66.4 Å². The van der Waals surface area contributed by atoms with E-state index in [1.165, 1.54) is 11.6 Å². The molecule has 0 saturated heterocycles. The van der Waals surface area contributed by atoms with Crippen LogP contribution in [0.5, 0.6) is 0 Å². The lowest BCUT2D eigenvalue weighted by molar-refractivity contribution is -0.137. The summed E-state index contributed by atoms with van der Waals surface area (Å²) in [7, 11) is 0. The van der Waals surface area contributed by atoms with Gasteiger partial charge in [0.25, 0.3) is 0 Å². The Kier molecular flexibility index (Phi) is 4.87. The second kappa shape index (κ2) is 6.18. The van der Waals surface area contributed by atoms with Crippen molar-refractivity contribution in [1.29, 1.82) is 0 Å². The zero-order chi connectivity index (χ0) is 14.5. The molecular weight excluding hydrogens is 242 g/mol. The fourth-order valence-electron chi connectivity index (χ4n) is 1.49. The monoisotopic (exact) mass is 261 g/mol. The predicted octanol–water partition coefficient (Wildman–Crippen LogP) is 2.20. The lowest BCUT2D eigenvalue weighted by atomic mass is 9.87. The number of carboxylic acids is 1. The molecule has 0 aliphatic carbocycles. The first kappa shape index (κ1) is 15.0. The van der Waals surface area contributed by atoms with Crippen molar-refractivity contribution in [2.24, 2.45) is 0 Å². The van der Waals surface area contributed by atoms with Gasteiger partial charge in [-0.1, -0.05) is 45.0 Å². The molecule has 0 saturated carbocycles. The first-order valence-corrected chi connectivity index (χ1v) is 6.07. The van der Waals surface area contributed by atoms with Crippen molar-refractivity contribution in [2.45, 2.75) is 26.2 Å². The Labute approximate surface area is 113 Å². The Morgan fingerprint density at radius 1 is 1.21 bits per heavy atom. The summed E-state index contributed by atoms with van der Waals surface area (Å²) in [6, 6.07) is 7.91. The van der Waals surface area contributed by atoms with Crippen LogP contribution in [-0.4, -0.2) is 23.5 Å². The van der Waals surface area contributed by atoms with E-state index in [0.29, 0.717) is 0 Å². The van der Waals surface area contributed by atoms with E-state index in [2.05, 4.69) is 26.1 Å². The molecule has 0 heterocycles. The Morgan fingerprint density at radius 2 is 1.79 bits per heavy atom. The number of hydrogen-bond donors (Lipinski definition) is 2. The van der Waals surface area contributed by atoms with Gasteiger partial charge in [0, 0.05) is 6.08 Å². The summed E-state index contributed by atoms with van der Waals surface area (Å²) < 4.78 is 0. The number of hydrogen-bond acceptors (Lipinski definition) is 2. The van der Waals surface area contributed by atoms with Crippen LogP contribution in [0.25, 0.3) is 6.08 Å². The smallest absolute Gasteiger partial charge is 0.322 e. The van der Waals surface area contributed by atoms with E-state index in [9.17, 15) is 9.59 Å². The van der Waals surface area contributed by atoms with Gasteiger partial charge in [0.15, 0.2) is 0 Å². The van der Waals surface area contributed by atoms with E-state index in [1.807, 2.05) is 24.3 Å². The molecule has 1 aromatic carbocycles. The highest BCUT2D eigenvalue weighted by molar-refractivity contribution is 5.93. The first-order valence-electron chi connectivity index (χ1n) is 6.07. The maximum atomic E-state index is 11.3. The number of aliphatic carboxylic acids is 1. The third-order valence-corrected chi connectivity index (χ3v) is 2.62. The molecule has 1 rings (SSSR count). The summed E-state index contributed by atoms with van der Waals surface area (Å²) in [4.78, 5) is 21.6. The molecule has 0 atom stereocenters. The molecule has 2 N–H and O–H groups in total. The minimum Gasteiger partial charge on any atom is -0.480 e. The zero-order valence-corrected chi connectivity index (χ0v) is 11.4. The Hall–Kier alpha value is -2.10. The fourth-order valence-corrected chi connectivity index (χ4v) is 1.49. The largest absolute Gasteiger partial charge is 0.480 e. The van der Waals surface area contributed by atoms with Crippen LogP contribution in [0.4, 0.5) is 0 Å². The van der Waals surface area contributed by atoms with Crippen LogP contribution in [-0.2, 0) is 15.0 Å². The summed E-state index contributed by atoms with van der Waals surface area (Å²) in [6.07, 6.45) is 2.98. The predicted molar refractivity (Wildman–Crippen MR) is 74.8 cm³/mol. The molecular formula is C15H19NO3. The van der Waals surface area contributed by atoms with Crippen LogP contribution >= 0.6 is 0 Å². The van der Waals surface area contributed by atoms with Gasteiger partial charge < -0.3 is 10.4 Å². The van der Waals surface area contributed by atoms with E-state index in [4.69, 9.17) is 5.11 Å². The summed E-state index contributed by atoms with van der Waals surface area (Å²) in [6.45, 7) is 6.04. The lowest BCUT2D eigenvalue weighted by Gasteiger charge is -2.18. The molecule has 102 valence electrons. The SMILES string of the molecule is CC(C)(C)c1ccc(/C=C/C(=O)NCC(=O)O)cc1. The Bertz CT molecular complexity index is 481. The number of rotatable bonds is 4. The number of amides is 1.